The molecule has 1 rings (SSSR count). The molecule has 0 aromatic heterocycles. The van der Waals surface area contributed by atoms with E-state index < -0.39 is 0 Å². The highest BCUT2D eigenvalue weighted by molar-refractivity contribution is 6.16. The van der Waals surface area contributed by atoms with Crippen LogP contribution in [0, 0.1) is 0 Å². The molecule has 1 unspecified atom stereocenters. The van der Waals surface area contributed by atoms with E-state index >= 15 is 0 Å². The molecule has 0 N–H and O–H groups in total. The summed E-state index contributed by atoms with van der Waals surface area (Å²) in [5.41, 5.74) is 1.39. The van der Waals surface area contributed by atoms with Crippen molar-refractivity contribution in [2.45, 2.75) is 32.6 Å². The van der Waals surface area contributed by atoms with Gasteiger partial charge in [-0.1, -0.05) is 11.6 Å². The van der Waals surface area contributed by atoms with Gasteiger partial charge in [0.2, 0.25) is 5.91 Å². The first-order chi connectivity index (χ1) is 5.47. The van der Waals surface area contributed by atoms with Crippen molar-refractivity contribution in [3.63, 3.8) is 0 Å². The molecule has 1 aliphatic rings. The summed E-state index contributed by atoms with van der Waals surface area (Å²) in [6.45, 7) is 6.61. The zero-order chi connectivity index (χ0) is 9.35. The van der Waals surface area contributed by atoms with Crippen molar-refractivity contribution in [1.82, 2.24) is 4.90 Å². The van der Waals surface area contributed by atoms with Crippen molar-refractivity contribution in [2.75, 3.05) is 6.54 Å². The van der Waals surface area contributed by atoms with E-state index in [9.17, 15) is 4.79 Å². The second-order valence-electron chi connectivity index (χ2n) is 4.04. The zero-order valence-electron chi connectivity index (χ0n) is 8.35. The molecular formula is C9H16BNO. The van der Waals surface area contributed by atoms with Gasteiger partial charge in [-0.2, -0.15) is 0 Å². The van der Waals surface area contributed by atoms with Gasteiger partial charge in [0.25, 0.3) is 0 Å². The van der Waals surface area contributed by atoms with Crippen LogP contribution in [0.25, 0.3) is 0 Å². The first kappa shape index (κ1) is 9.36. The van der Waals surface area contributed by atoms with Crippen LogP contribution in [-0.4, -0.2) is 30.6 Å². The molecule has 1 atom stereocenters. The summed E-state index contributed by atoms with van der Waals surface area (Å²) in [4.78, 5) is 13.2. The maximum Gasteiger partial charge on any atom is 0.219 e. The van der Waals surface area contributed by atoms with Crippen LogP contribution in [0.2, 0.25) is 0 Å². The maximum absolute atomic E-state index is 11.2. The van der Waals surface area contributed by atoms with E-state index in [1.807, 2.05) is 11.8 Å². The number of allylic oxidation sites excluding steroid dienone is 1. The Hall–Kier alpha value is -0.725. The van der Waals surface area contributed by atoms with Crippen LogP contribution in [0.3, 0.4) is 0 Å². The third kappa shape index (κ3) is 1.54. The van der Waals surface area contributed by atoms with Gasteiger partial charge in [-0.3, -0.25) is 4.79 Å². The van der Waals surface area contributed by atoms with Crippen LogP contribution in [0.5, 0.6) is 0 Å². The third-order valence-electron chi connectivity index (χ3n) is 2.54. The van der Waals surface area contributed by atoms with Crippen molar-refractivity contribution in [3.05, 3.63) is 11.6 Å². The molecule has 1 aliphatic heterocycles. The Morgan fingerprint density at radius 3 is 2.58 bits per heavy atom. The largest absolute Gasteiger partial charge is 0.341 e. The van der Waals surface area contributed by atoms with Gasteiger partial charge in [-0.25, -0.2) is 0 Å². The summed E-state index contributed by atoms with van der Waals surface area (Å²) in [5.74, 6) is 0.178. The van der Waals surface area contributed by atoms with E-state index in [-0.39, 0.29) is 11.3 Å². The fraction of sp³-hybridized carbons (Fsp3) is 0.667. The Labute approximate surface area is 75.0 Å². The van der Waals surface area contributed by atoms with Gasteiger partial charge in [0, 0.05) is 18.9 Å². The van der Waals surface area contributed by atoms with Crippen LogP contribution in [-0.2, 0) is 4.79 Å². The van der Waals surface area contributed by atoms with Gasteiger partial charge in [0.15, 0.2) is 0 Å². The molecule has 0 bridgehead atoms. The molecule has 3 heteroatoms. The van der Waals surface area contributed by atoms with Crippen LogP contribution in [0.4, 0.5) is 0 Å². The number of nitrogens with zero attached hydrogens (tertiary/aromatic N) is 1. The first-order valence-corrected chi connectivity index (χ1v) is 4.39. The van der Waals surface area contributed by atoms with Gasteiger partial charge in [-0.15, -0.1) is 0 Å². The SMILES string of the molecule is BC1(C)C/C(=C/C)CN1C(C)=O. The van der Waals surface area contributed by atoms with E-state index in [0.717, 1.165) is 13.0 Å². The molecule has 1 amide bonds. The quantitative estimate of drug-likeness (QED) is 0.378. The summed E-state index contributed by atoms with van der Waals surface area (Å²) in [6.07, 6.45) is 3.13. The Morgan fingerprint density at radius 1 is 1.75 bits per heavy atom. The first-order valence-electron chi connectivity index (χ1n) is 4.39. The van der Waals surface area contributed by atoms with Crippen molar-refractivity contribution >= 4 is 13.8 Å². The average Bonchev–Trinajstić information content (AvgIpc) is 2.25. The van der Waals surface area contributed by atoms with E-state index in [4.69, 9.17) is 0 Å². The average molecular weight is 165 g/mol. The molecule has 66 valence electrons. The van der Waals surface area contributed by atoms with Gasteiger partial charge >= 0.3 is 0 Å². The molecule has 1 heterocycles. The minimum absolute atomic E-state index is 0.0215. The zero-order valence-corrected chi connectivity index (χ0v) is 8.35. The number of hydrogen-bond acceptors (Lipinski definition) is 1. The topological polar surface area (TPSA) is 20.3 Å². The van der Waals surface area contributed by atoms with Crippen LogP contribution >= 0.6 is 0 Å². The second kappa shape index (κ2) is 2.96. The van der Waals surface area contributed by atoms with Crippen LogP contribution in [0.15, 0.2) is 11.6 Å². The minimum Gasteiger partial charge on any atom is -0.341 e. The summed E-state index contributed by atoms with van der Waals surface area (Å²) in [6, 6.07) is 0. The minimum atomic E-state index is 0.0215. The molecule has 0 spiro atoms. The van der Waals surface area contributed by atoms with E-state index in [1.165, 1.54) is 5.57 Å². The number of amides is 1. The maximum atomic E-state index is 11.2. The van der Waals surface area contributed by atoms with Gasteiger partial charge in [0.1, 0.15) is 7.85 Å². The molecule has 0 saturated carbocycles. The lowest BCUT2D eigenvalue weighted by atomic mass is 9.77. The predicted octanol–water partition coefficient (Wildman–Crippen LogP) is 0.534. The molecule has 2 nitrogen and oxygen atoms in total. The van der Waals surface area contributed by atoms with Gasteiger partial charge < -0.3 is 4.90 Å². The summed E-state index contributed by atoms with van der Waals surface area (Å²) >= 11 is 0. The fourth-order valence-electron chi connectivity index (χ4n) is 1.86. The van der Waals surface area contributed by atoms with Crippen molar-refractivity contribution in [3.8, 4) is 0 Å². The molecule has 0 aromatic rings. The second-order valence-corrected chi connectivity index (χ2v) is 4.04. The number of rotatable bonds is 0. The predicted molar refractivity (Wildman–Crippen MR) is 52.7 cm³/mol. The number of carbonyl (C=O) groups is 1. The Morgan fingerprint density at radius 2 is 2.33 bits per heavy atom. The summed E-state index contributed by atoms with van der Waals surface area (Å²) < 4.78 is 0. The third-order valence-corrected chi connectivity index (χ3v) is 2.54. The van der Waals surface area contributed by atoms with Crippen LogP contribution < -0.4 is 0 Å². The molecule has 0 radical (unpaired) electrons. The molecule has 1 saturated heterocycles. The summed E-state index contributed by atoms with van der Waals surface area (Å²) in [7, 11) is 2.12. The molecule has 1 fully saturated rings. The Bertz CT molecular complexity index is 233. The Balaban J connectivity index is 2.84. The normalized spacial score (nSPS) is 32.9. The van der Waals surface area contributed by atoms with E-state index in [2.05, 4.69) is 20.8 Å². The smallest absolute Gasteiger partial charge is 0.219 e. The lowest BCUT2D eigenvalue weighted by molar-refractivity contribution is -0.130. The number of likely N-dealkylation sites (tertiary alicyclic amines) is 1. The lowest BCUT2D eigenvalue weighted by Crippen LogP contribution is -2.44. The van der Waals surface area contributed by atoms with Gasteiger partial charge in [0.05, 0.1) is 0 Å². The van der Waals surface area contributed by atoms with Crippen LogP contribution in [0.1, 0.15) is 27.2 Å². The highest BCUT2D eigenvalue weighted by atomic mass is 16.2. The lowest BCUT2D eigenvalue weighted by Gasteiger charge is -2.30. The molecular weight excluding hydrogens is 149 g/mol. The molecule has 12 heavy (non-hydrogen) atoms. The van der Waals surface area contributed by atoms with Gasteiger partial charge in [-0.05, 0) is 20.3 Å². The monoisotopic (exact) mass is 165 g/mol. The molecule has 0 aromatic carbocycles. The Kier molecular flexibility index (Phi) is 2.31. The van der Waals surface area contributed by atoms with Crippen molar-refractivity contribution in [1.29, 1.82) is 0 Å². The van der Waals surface area contributed by atoms with Crippen molar-refractivity contribution < 1.29 is 4.79 Å². The van der Waals surface area contributed by atoms with E-state index in [1.54, 1.807) is 6.92 Å². The number of hydrogen-bond donors (Lipinski definition) is 0. The standard InChI is InChI=1S/C9H16BNO/c1-4-8-5-9(3,10)11(6-8)7(2)12/h4H,5-6,10H2,1-3H3/b8-4-. The molecule has 0 aliphatic carbocycles. The van der Waals surface area contributed by atoms with Crippen molar-refractivity contribution in [2.24, 2.45) is 0 Å². The highest BCUT2D eigenvalue weighted by Crippen LogP contribution is 2.29. The highest BCUT2D eigenvalue weighted by Gasteiger charge is 2.35. The summed E-state index contributed by atoms with van der Waals surface area (Å²) in [5, 5.41) is 0. The fourth-order valence-corrected chi connectivity index (χ4v) is 1.86. The number of carbonyl (C=O) groups excluding carboxylic acids is 1. The van der Waals surface area contributed by atoms with E-state index in [0.29, 0.717) is 0 Å².